The fraction of sp³-hybridized carbons (Fsp3) is 0.153. The number of nitrogens with zero attached hydrogens (tertiary/aromatic N) is 4. The maximum Gasteiger partial charge on any atom is 0.269 e. The number of aryl methyl sites for hydroxylation is 1. The third kappa shape index (κ3) is 11.0. The zero-order valence-corrected chi connectivity index (χ0v) is 50.8. The Bertz CT molecular complexity index is 6350. The first kappa shape index (κ1) is 35.0. The van der Waals surface area contributed by atoms with Gasteiger partial charge in [0.2, 0.25) is 0 Å². The third-order valence-corrected chi connectivity index (χ3v) is 15.9. The number of imidazole rings is 1. The lowest BCUT2D eigenvalue weighted by Gasteiger charge is -2.28. The van der Waals surface area contributed by atoms with Crippen LogP contribution in [0.3, 0.4) is 0 Å². The molecule has 0 aliphatic rings. The van der Waals surface area contributed by atoms with Crippen molar-refractivity contribution in [1.82, 2.24) is 14.1 Å². The summed E-state index contributed by atoms with van der Waals surface area (Å²) in [7, 11) is 0. The van der Waals surface area contributed by atoms with Crippen molar-refractivity contribution in [3.63, 3.8) is 0 Å². The Morgan fingerprint density at radius 1 is 0.444 bits per heavy atom. The molecule has 0 N–H and O–H groups in total. The second-order valence-electron chi connectivity index (χ2n) is 25.2. The highest BCUT2D eigenvalue weighted by Crippen LogP contribution is 2.44. The normalized spacial score (nSPS) is 16.3. The molecule has 0 aliphatic carbocycles. The molecule has 5 heteroatoms. The van der Waals surface area contributed by atoms with E-state index in [-0.39, 0.29) is 61.5 Å². The summed E-state index contributed by atoms with van der Waals surface area (Å²) in [5.74, 6) is 0.684. The molecule has 0 radical (unpaired) electrons. The SMILES string of the molecule is [2H]c1c([2H])c([2H])c(-c2cc(-c3c([2H])c(-c4c([2H])c([2H])c([2H])c([2H])c4[2H])c([2H])c(-c4c([2H])c([2H])c([2H])c([2H])c4[2H])c3[2H])c(-[n+]3[c-]n(-c4cccc(Oc5ccc6c7ccccc7n(-c7cc(C([2H])([2H])[2H])c(-c8c([2H])c([2H])c([2H])c([2H])c8[2H])cn7)c6c5)c4)c4cc(-c5cc(C(C)(C)C)cc(C(C)(C)C)c5)ccc43)c(C(C)(C)C)c2)c([2H])c1[2H]. The second-order valence-corrected chi connectivity index (χ2v) is 25.2. The van der Waals surface area contributed by atoms with Crippen molar-refractivity contribution >= 4 is 32.8 Å². The largest absolute Gasteiger partial charge is 0.458 e. The first-order valence-corrected chi connectivity index (χ1v) is 29.3. The summed E-state index contributed by atoms with van der Waals surface area (Å²) in [4.78, 5) is 4.75. The van der Waals surface area contributed by atoms with Gasteiger partial charge in [0.1, 0.15) is 17.3 Å². The average Bonchev–Trinajstić information content (AvgIpc) is 1.07. The molecular weight excluding hydrogens is 1090 g/mol. The summed E-state index contributed by atoms with van der Waals surface area (Å²) in [6, 6.07) is 18.4. The minimum absolute atomic E-state index is 0.0572. The minimum atomic E-state index is -2.88. The van der Waals surface area contributed by atoms with Gasteiger partial charge in [0.05, 0.1) is 65.0 Å². The topological polar surface area (TPSA) is 35.9 Å². The van der Waals surface area contributed by atoms with Gasteiger partial charge in [0.25, 0.3) is 6.33 Å². The van der Waals surface area contributed by atoms with E-state index in [1.165, 1.54) is 18.3 Å². The lowest BCUT2D eigenvalue weighted by atomic mass is 9.79. The van der Waals surface area contributed by atoms with E-state index >= 15 is 0 Å². The first-order valence-electron chi connectivity index (χ1n) is 42.3. The summed E-state index contributed by atoms with van der Waals surface area (Å²) in [5, 5.41) is 1.46. The van der Waals surface area contributed by atoms with Crippen LogP contribution in [-0.4, -0.2) is 14.1 Å². The van der Waals surface area contributed by atoms with Gasteiger partial charge in [-0.1, -0.05) is 244 Å². The van der Waals surface area contributed by atoms with E-state index < -0.39 is 179 Å². The van der Waals surface area contributed by atoms with Crippen molar-refractivity contribution in [2.24, 2.45) is 0 Å². The molecule has 0 bridgehead atoms. The van der Waals surface area contributed by atoms with Gasteiger partial charge in [-0.25, -0.2) is 4.98 Å². The Kier molecular flexibility index (Phi) is 8.81. The minimum Gasteiger partial charge on any atom is -0.458 e. The van der Waals surface area contributed by atoms with Crippen molar-refractivity contribution in [3.05, 3.63) is 295 Å². The van der Waals surface area contributed by atoms with Crippen LogP contribution in [0.4, 0.5) is 0 Å². The van der Waals surface area contributed by atoms with Gasteiger partial charge < -0.3 is 4.74 Å². The molecule has 0 aliphatic heterocycles. The van der Waals surface area contributed by atoms with Gasteiger partial charge >= 0.3 is 0 Å². The molecule has 440 valence electrons. The summed E-state index contributed by atoms with van der Waals surface area (Å²) in [5.41, 5.74) is -0.0848. The van der Waals surface area contributed by atoms with Crippen molar-refractivity contribution < 1.29 is 44.9 Å². The van der Waals surface area contributed by atoms with Crippen LogP contribution < -0.4 is 9.30 Å². The molecule has 0 fully saturated rings. The molecule has 5 nitrogen and oxygen atoms in total. The number of aromatic nitrogens is 4. The van der Waals surface area contributed by atoms with Crippen LogP contribution in [0.15, 0.2) is 266 Å². The molecule has 0 atom stereocenters. The van der Waals surface area contributed by atoms with E-state index in [1.54, 1.807) is 62.2 Å². The van der Waals surface area contributed by atoms with E-state index in [4.69, 9.17) is 33.0 Å². The van der Waals surface area contributed by atoms with Crippen LogP contribution in [0, 0.1) is 13.2 Å². The number of benzene rings is 11. The standard InChI is InChI=1S/C85H74N4O/c1-56-42-81(86-54-75(56)60-32-21-14-22-33-60)89-77-37-24-23-36-72(77)73-40-39-71(53-79(73)89)90-70-35-25-34-69(52-70)87-55-88(78-41-38-61(50-80(78)87)64-46-67(83(2,3)4)51-68(47-64)84(5,6)7)82-74(48-65(49-76(82)85(8,9)10)59-30-19-13-20-31-59)66-44-62(57-26-15-11-16-27-57)43-63(45-66)58-28-17-12-18-29-58/h11-54H,1-10H3/i1D3,11D,12D,13D,14D,15D,16D,17D,18D,19D,20D,21D,22D,26D,27D,28D,29D,30D,31D,32D,33D,43D,44D,45D. The van der Waals surface area contributed by atoms with Crippen LogP contribution in [0.1, 0.15) is 120 Å². The number of hydrogen-bond acceptors (Lipinski definition) is 2. The average molecular weight is 1190 g/mol. The number of para-hydroxylation sites is 1. The van der Waals surface area contributed by atoms with Gasteiger partial charge in [-0.05, 0) is 179 Å². The van der Waals surface area contributed by atoms with Crippen LogP contribution in [-0.2, 0) is 16.2 Å². The predicted octanol–water partition coefficient (Wildman–Crippen LogP) is 22.2. The molecule has 3 heterocycles. The van der Waals surface area contributed by atoms with Crippen LogP contribution in [0.25, 0.3) is 117 Å². The number of fused-ring (bicyclic) bond motifs is 4. The second kappa shape index (κ2) is 22.7. The van der Waals surface area contributed by atoms with Gasteiger partial charge in [0, 0.05) is 32.7 Å². The lowest BCUT2D eigenvalue weighted by molar-refractivity contribution is -0.572. The highest BCUT2D eigenvalue weighted by atomic mass is 16.5. The number of rotatable bonds is 11. The Labute approximate surface area is 566 Å². The Morgan fingerprint density at radius 3 is 1.64 bits per heavy atom. The van der Waals surface area contributed by atoms with E-state index in [9.17, 15) is 12.3 Å². The van der Waals surface area contributed by atoms with Crippen LogP contribution in [0.5, 0.6) is 11.5 Å². The van der Waals surface area contributed by atoms with Gasteiger partial charge in [-0.15, -0.1) is 0 Å². The monoisotopic (exact) mass is 1190 g/mol. The fourth-order valence-electron chi connectivity index (χ4n) is 11.3. The zero-order chi connectivity index (χ0) is 84.6. The predicted molar refractivity (Wildman–Crippen MR) is 376 cm³/mol. The molecule has 90 heavy (non-hydrogen) atoms. The molecule has 0 spiro atoms. The van der Waals surface area contributed by atoms with Gasteiger partial charge in [-0.2, -0.15) is 0 Å². The first-order chi connectivity index (χ1) is 54.2. The Balaban J connectivity index is 1.07. The summed E-state index contributed by atoms with van der Waals surface area (Å²) in [6.07, 6.45) is 4.82. The van der Waals surface area contributed by atoms with Gasteiger partial charge in [-0.3, -0.25) is 13.7 Å². The molecule has 11 aromatic carbocycles. The number of hydrogen-bond donors (Lipinski definition) is 0. The molecule has 0 unspecified atom stereocenters. The summed E-state index contributed by atoms with van der Waals surface area (Å²) < 4.78 is 248. The molecule has 14 rings (SSSR count). The fourth-order valence-corrected chi connectivity index (χ4v) is 11.3. The zero-order valence-electron chi connectivity index (χ0n) is 76.8. The van der Waals surface area contributed by atoms with E-state index in [0.717, 1.165) is 27.6 Å². The summed E-state index contributed by atoms with van der Waals surface area (Å²) in [6.45, 7) is 15.3. The lowest BCUT2D eigenvalue weighted by Crippen LogP contribution is -2.34. The molecule has 0 saturated heterocycles. The maximum absolute atomic E-state index is 10.6. The Morgan fingerprint density at radius 2 is 1.02 bits per heavy atom. The van der Waals surface area contributed by atoms with E-state index in [0.29, 0.717) is 44.5 Å². The van der Waals surface area contributed by atoms with Crippen LogP contribution in [0.2, 0.25) is 0 Å². The van der Waals surface area contributed by atoms with Crippen molar-refractivity contribution in [2.45, 2.75) is 85.4 Å². The van der Waals surface area contributed by atoms with Crippen LogP contribution >= 0.6 is 0 Å². The highest BCUT2D eigenvalue weighted by Gasteiger charge is 2.29. The van der Waals surface area contributed by atoms with E-state index in [2.05, 4.69) is 66.1 Å². The van der Waals surface area contributed by atoms with Gasteiger partial charge in [0.15, 0.2) is 0 Å². The molecule has 14 aromatic rings. The smallest absolute Gasteiger partial charge is 0.269 e. The molecule has 0 saturated carbocycles. The molecule has 0 amide bonds. The van der Waals surface area contributed by atoms with Crippen molar-refractivity contribution in [1.29, 1.82) is 0 Å². The summed E-state index contributed by atoms with van der Waals surface area (Å²) >= 11 is 0. The number of ether oxygens (including phenoxy) is 1. The Hall–Kier alpha value is -10.4. The highest BCUT2D eigenvalue weighted by molar-refractivity contribution is 6.09. The number of pyridine rings is 1. The van der Waals surface area contributed by atoms with E-state index in [1.807, 2.05) is 63.2 Å². The molecule has 3 aromatic heterocycles. The van der Waals surface area contributed by atoms with Crippen molar-refractivity contribution in [3.8, 4) is 95.5 Å². The third-order valence-electron chi connectivity index (χ3n) is 15.9. The quantitative estimate of drug-likeness (QED) is 0.0956. The maximum atomic E-state index is 10.6. The van der Waals surface area contributed by atoms with Crippen molar-refractivity contribution in [2.75, 3.05) is 0 Å². The molecular formula is C85H74N4O.